The number of ether oxygens (including phenoxy) is 2. The van der Waals surface area contributed by atoms with Crippen molar-refractivity contribution in [2.45, 2.75) is 86.5 Å². The summed E-state index contributed by atoms with van der Waals surface area (Å²) in [5.41, 5.74) is 20.5. The normalized spacial score (nSPS) is 18.4. The van der Waals surface area contributed by atoms with Crippen molar-refractivity contribution in [1.82, 2.24) is 0 Å². The van der Waals surface area contributed by atoms with Gasteiger partial charge in [0.2, 0.25) is 0 Å². The molecule has 5 heteroatoms. The number of nitrogens with zero attached hydrogens (tertiary/aromatic N) is 2. The summed E-state index contributed by atoms with van der Waals surface area (Å²) in [6.45, 7) is 19.9. The minimum atomic E-state index is 0.0511. The summed E-state index contributed by atoms with van der Waals surface area (Å²) in [7, 11) is 0. The maximum atomic E-state index is 6.60. The summed E-state index contributed by atoms with van der Waals surface area (Å²) in [5.74, 6) is 1.68. The molecule has 0 unspecified atom stereocenters. The van der Waals surface area contributed by atoms with Crippen LogP contribution in [0.4, 0.5) is 34.1 Å². The number of aryl methyl sites for hydroxylation is 1. The van der Waals surface area contributed by atoms with E-state index in [0.29, 0.717) is 18.6 Å². The molecule has 0 spiro atoms. The van der Waals surface area contributed by atoms with Gasteiger partial charge in [0.15, 0.2) is 11.5 Å². The van der Waals surface area contributed by atoms with Crippen LogP contribution in [0.1, 0.15) is 81.8 Å². The summed E-state index contributed by atoms with van der Waals surface area (Å²) in [6.07, 6.45) is 4.46. The summed E-state index contributed by atoms with van der Waals surface area (Å²) < 4.78 is 12.9. The maximum absolute atomic E-state index is 6.60. The molecule has 262 valence electrons. The highest BCUT2D eigenvalue weighted by molar-refractivity contribution is 7.00. The molecule has 0 fully saturated rings. The van der Waals surface area contributed by atoms with E-state index < -0.39 is 0 Å². The van der Waals surface area contributed by atoms with Crippen LogP contribution in [0.15, 0.2) is 78.9 Å². The summed E-state index contributed by atoms with van der Waals surface area (Å²) in [4.78, 5) is 5.08. The van der Waals surface area contributed by atoms with Crippen LogP contribution in [-0.2, 0) is 31.1 Å². The largest absolute Gasteiger partial charge is 0.486 e. The lowest BCUT2D eigenvalue weighted by Gasteiger charge is -2.45. The SMILES string of the molecule is Cc1cc2c3c(c1)N(c1ccc(C(C)(C)C)cc1)c1c(ccc4c1OCCO4)B3c1cc3c(cc1N2c1ccc2c(c1)CC(C)(C)C2)CC(C)(C)C3. The average Bonchev–Trinajstić information content (AvgIpc) is 3.57. The number of hydrogen-bond acceptors (Lipinski definition) is 4. The molecule has 4 nitrogen and oxygen atoms in total. The van der Waals surface area contributed by atoms with E-state index >= 15 is 0 Å². The third-order valence-electron chi connectivity index (χ3n) is 12.3. The van der Waals surface area contributed by atoms with Gasteiger partial charge in [0.05, 0.1) is 5.69 Å². The molecule has 3 heterocycles. The molecule has 0 saturated heterocycles. The van der Waals surface area contributed by atoms with Crippen LogP contribution >= 0.6 is 0 Å². The molecule has 5 aliphatic rings. The Morgan fingerprint density at radius 3 is 1.92 bits per heavy atom. The van der Waals surface area contributed by atoms with Crippen molar-refractivity contribution >= 4 is 57.2 Å². The van der Waals surface area contributed by atoms with Gasteiger partial charge in [-0.2, -0.15) is 0 Å². The third kappa shape index (κ3) is 4.80. The molecule has 5 aromatic rings. The zero-order valence-electron chi connectivity index (χ0n) is 32.0. The van der Waals surface area contributed by atoms with E-state index in [1.807, 2.05) is 0 Å². The zero-order valence-corrected chi connectivity index (χ0v) is 32.0. The lowest BCUT2D eigenvalue weighted by Crippen LogP contribution is -2.61. The molecule has 0 amide bonds. The molecule has 0 bridgehead atoms. The monoisotopic (exact) mass is 684 g/mol. The van der Waals surface area contributed by atoms with Gasteiger partial charge in [-0.25, -0.2) is 0 Å². The second-order valence-electron chi connectivity index (χ2n) is 18.8. The minimum absolute atomic E-state index is 0.0511. The predicted molar refractivity (Wildman–Crippen MR) is 217 cm³/mol. The molecule has 0 N–H and O–H groups in total. The summed E-state index contributed by atoms with van der Waals surface area (Å²) in [5, 5.41) is 0. The zero-order chi connectivity index (χ0) is 35.9. The minimum Gasteiger partial charge on any atom is -0.486 e. The molecule has 2 aliphatic carbocycles. The fraction of sp³-hybridized carbons (Fsp3) is 0.362. The molecule has 5 aromatic carbocycles. The highest BCUT2D eigenvalue weighted by Gasteiger charge is 2.46. The average molecular weight is 685 g/mol. The Bertz CT molecular complexity index is 2330. The van der Waals surface area contributed by atoms with Crippen molar-refractivity contribution < 1.29 is 9.47 Å². The topological polar surface area (TPSA) is 24.9 Å². The van der Waals surface area contributed by atoms with E-state index in [-0.39, 0.29) is 17.5 Å². The summed E-state index contributed by atoms with van der Waals surface area (Å²) >= 11 is 0. The molecular formula is C47H49BN2O2. The molecule has 3 aliphatic heterocycles. The second-order valence-corrected chi connectivity index (χ2v) is 18.8. The predicted octanol–water partition coefficient (Wildman–Crippen LogP) is 9.40. The molecule has 0 atom stereocenters. The fourth-order valence-corrected chi connectivity index (χ4v) is 10.1. The van der Waals surface area contributed by atoms with Gasteiger partial charge in [0.25, 0.3) is 6.71 Å². The smallest absolute Gasteiger partial charge is 0.252 e. The second kappa shape index (κ2) is 10.7. The Balaban J connectivity index is 1.27. The van der Waals surface area contributed by atoms with Crippen LogP contribution in [0.25, 0.3) is 0 Å². The molecule has 0 aromatic heterocycles. The van der Waals surface area contributed by atoms with E-state index in [1.165, 1.54) is 72.5 Å². The standard InChI is InChI=1S/C47H49BN2O2/c1-28-19-39-42-40(20-28)50(34-13-10-33(11-14-34)45(2,3)4)43-36(15-16-41-44(43)52-18-17-51-41)48(42)37-22-31-26-47(7,8)27-32(31)23-38(37)49(39)35-12-9-29-24-46(5,6)25-30(29)21-35/h9-16,19-23H,17-18,24-27H2,1-8H3. The van der Waals surface area contributed by atoms with E-state index in [2.05, 4.69) is 144 Å². The van der Waals surface area contributed by atoms with Crippen molar-refractivity contribution in [3.05, 3.63) is 112 Å². The van der Waals surface area contributed by atoms with Crippen LogP contribution in [-0.4, -0.2) is 19.9 Å². The van der Waals surface area contributed by atoms with E-state index in [0.717, 1.165) is 48.6 Å². The Morgan fingerprint density at radius 1 is 0.596 bits per heavy atom. The number of fused-ring (bicyclic) bond motifs is 8. The van der Waals surface area contributed by atoms with Gasteiger partial charge in [-0.1, -0.05) is 78.8 Å². The van der Waals surface area contributed by atoms with Gasteiger partial charge < -0.3 is 19.3 Å². The van der Waals surface area contributed by atoms with E-state index in [9.17, 15) is 0 Å². The number of benzene rings is 5. The molecule has 10 rings (SSSR count). The van der Waals surface area contributed by atoms with Gasteiger partial charge in [-0.3, -0.25) is 0 Å². The van der Waals surface area contributed by atoms with Crippen molar-refractivity contribution in [2.75, 3.05) is 23.0 Å². The Labute approximate surface area is 309 Å². The number of hydrogen-bond donors (Lipinski definition) is 0. The van der Waals surface area contributed by atoms with Crippen molar-refractivity contribution in [1.29, 1.82) is 0 Å². The molecular weight excluding hydrogens is 635 g/mol. The molecule has 52 heavy (non-hydrogen) atoms. The van der Waals surface area contributed by atoms with Crippen LogP contribution in [0.5, 0.6) is 11.5 Å². The Kier molecular flexibility index (Phi) is 6.60. The first kappa shape index (κ1) is 32.0. The van der Waals surface area contributed by atoms with Crippen LogP contribution in [0, 0.1) is 17.8 Å². The third-order valence-corrected chi connectivity index (χ3v) is 12.3. The van der Waals surface area contributed by atoms with Gasteiger partial charge in [0.1, 0.15) is 13.2 Å². The lowest BCUT2D eigenvalue weighted by atomic mass is 9.33. The highest BCUT2D eigenvalue weighted by atomic mass is 16.6. The van der Waals surface area contributed by atoms with Crippen molar-refractivity contribution in [2.24, 2.45) is 10.8 Å². The number of rotatable bonds is 2. The summed E-state index contributed by atoms with van der Waals surface area (Å²) in [6, 6.07) is 30.9. The maximum Gasteiger partial charge on any atom is 0.252 e. The molecule has 0 saturated carbocycles. The fourth-order valence-electron chi connectivity index (χ4n) is 10.1. The van der Waals surface area contributed by atoms with Gasteiger partial charge in [0, 0.05) is 28.4 Å². The van der Waals surface area contributed by atoms with E-state index in [4.69, 9.17) is 9.47 Å². The first-order valence-electron chi connectivity index (χ1n) is 19.3. The van der Waals surface area contributed by atoms with Gasteiger partial charge in [-0.15, -0.1) is 0 Å². The van der Waals surface area contributed by atoms with Crippen molar-refractivity contribution in [3.8, 4) is 11.5 Å². The first-order valence-corrected chi connectivity index (χ1v) is 19.3. The quantitative estimate of drug-likeness (QED) is 0.170. The Morgan fingerprint density at radius 2 is 1.21 bits per heavy atom. The highest BCUT2D eigenvalue weighted by Crippen LogP contribution is 2.51. The Hall–Kier alpha value is -4.64. The molecule has 0 radical (unpaired) electrons. The lowest BCUT2D eigenvalue weighted by molar-refractivity contribution is 0.172. The van der Waals surface area contributed by atoms with Gasteiger partial charge in [-0.05, 0) is 147 Å². The number of anilines is 6. The van der Waals surface area contributed by atoms with Gasteiger partial charge >= 0.3 is 0 Å². The van der Waals surface area contributed by atoms with Crippen LogP contribution < -0.4 is 35.7 Å². The van der Waals surface area contributed by atoms with Crippen LogP contribution in [0.2, 0.25) is 0 Å². The first-order chi connectivity index (χ1) is 24.7. The van der Waals surface area contributed by atoms with Crippen molar-refractivity contribution in [3.63, 3.8) is 0 Å². The van der Waals surface area contributed by atoms with E-state index in [1.54, 1.807) is 0 Å². The van der Waals surface area contributed by atoms with Crippen LogP contribution in [0.3, 0.4) is 0 Å².